The van der Waals surface area contributed by atoms with Gasteiger partial charge >= 0.3 is 0 Å². The van der Waals surface area contributed by atoms with E-state index < -0.39 is 0 Å². The fraction of sp³-hybridized carbons (Fsp3) is 0.500. The van der Waals surface area contributed by atoms with Crippen molar-refractivity contribution in [3.8, 4) is 0 Å². The fourth-order valence-electron chi connectivity index (χ4n) is 2.56. The monoisotopic (exact) mass is 256 g/mol. The summed E-state index contributed by atoms with van der Waals surface area (Å²) in [6.45, 7) is 5.16. The molecule has 0 bridgehead atoms. The van der Waals surface area contributed by atoms with E-state index in [-0.39, 0.29) is 5.41 Å². The molecule has 1 fully saturated rings. The first kappa shape index (κ1) is 12.4. The predicted octanol–water partition coefficient (Wildman–Crippen LogP) is 3.36. The van der Waals surface area contributed by atoms with E-state index in [4.69, 9.17) is 0 Å². The lowest BCUT2D eigenvalue weighted by Crippen LogP contribution is -2.17. The van der Waals surface area contributed by atoms with Crippen LogP contribution in [0.5, 0.6) is 0 Å². The van der Waals surface area contributed by atoms with Crippen molar-refractivity contribution in [1.82, 2.24) is 9.55 Å². The highest BCUT2D eigenvalue weighted by atomic mass is 16.1. The van der Waals surface area contributed by atoms with Crippen LogP contribution in [0.2, 0.25) is 0 Å². The Morgan fingerprint density at radius 3 is 2.79 bits per heavy atom. The fourth-order valence-corrected chi connectivity index (χ4v) is 2.56. The van der Waals surface area contributed by atoms with Crippen LogP contribution in [-0.2, 0) is 17.8 Å². The quantitative estimate of drug-likeness (QED) is 0.822. The molecule has 3 rings (SSSR count). The molecule has 1 aromatic carbocycles. The predicted molar refractivity (Wildman–Crippen MR) is 76.1 cm³/mol. The van der Waals surface area contributed by atoms with Crippen molar-refractivity contribution >= 4 is 16.8 Å². The van der Waals surface area contributed by atoms with Crippen LogP contribution in [0.3, 0.4) is 0 Å². The average molecular weight is 256 g/mol. The number of hydrogen-bond acceptors (Lipinski definition) is 2. The number of para-hydroxylation sites is 2. The number of Topliss-reactive ketones (excluding diaryl/α,β-unsaturated/α-hetero) is 1. The Balaban J connectivity index is 1.97. The summed E-state index contributed by atoms with van der Waals surface area (Å²) < 4.78 is 2.21. The molecule has 0 spiro atoms. The van der Waals surface area contributed by atoms with Gasteiger partial charge in [0.2, 0.25) is 0 Å². The van der Waals surface area contributed by atoms with Crippen molar-refractivity contribution in [1.29, 1.82) is 0 Å². The summed E-state index contributed by atoms with van der Waals surface area (Å²) in [6.07, 6.45) is 3.61. The van der Waals surface area contributed by atoms with Gasteiger partial charge in [0.25, 0.3) is 0 Å². The Labute approximate surface area is 113 Å². The van der Waals surface area contributed by atoms with E-state index in [9.17, 15) is 4.79 Å². The van der Waals surface area contributed by atoms with Gasteiger partial charge in [-0.25, -0.2) is 4.98 Å². The second-order valence-corrected chi connectivity index (χ2v) is 5.83. The molecule has 2 aromatic rings. The average Bonchev–Trinajstić information content (AvgIpc) is 3.07. The Morgan fingerprint density at radius 2 is 2.11 bits per heavy atom. The lowest BCUT2D eigenvalue weighted by Gasteiger charge is -2.09. The van der Waals surface area contributed by atoms with Crippen molar-refractivity contribution in [2.75, 3.05) is 0 Å². The SMILES string of the molecule is CCCn1c(CC(=O)C2(C)CC2)nc2ccccc21. The smallest absolute Gasteiger partial charge is 0.146 e. The minimum atomic E-state index is -0.0603. The van der Waals surface area contributed by atoms with Gasteiger partial charge in [0.05, 0.1) is 17.5 Å². The van der Waals surface area contributed by atoms with Crippen molar-refractivity contribution in [3.63, 3.8) is 0 Å². The van der Waals surface area contributed by atoms with Crippen LogP contribution in [0.25, 0.3) is 11.0 Å². The van der Waals surface area contributed by atoms with Crippen LogP contribution >= 0.6 is 0 Å². The number of benzene rings is 1. The molecule has 3 nitrogen and oxygen atoms in total. The number of carbonyl (C=O) groups excluding carboxylic acids is 1. The van der Waals surface area contributed by atoms with E-state index in [1.54, 1.807) is 0 Å². The molecule has 0 saturated heterocycles. The number of rotatable bonds is 5. The second-order valence-electron chi connectivity index (χ2n) is 5.83. The molecule has 0 N–H and O–H groups in total. The third-order valence-electron chi connectivity index (χ3n) is 4.17. The van der Waals surface area contributed by atoms with E-state index in [1.165, 1.54) is 0 Å². The highest BCUT2D eigenvalue weighted by molar-refractivity contribution is 5.89. The van der Waals surface area contributed by atoms with Gasteiger partial charge in [-0.3, -0.25) is 4.79 Å². The maximum absolute atomic E-state index is 12.3. The number of imidazole rings is 1. The van der Waals surface area contributed by atoms with E-state index >= 15 is 0 Å². The first-order valence-electron chi connectivity index (χ1n) is 7.11. The first-order valence-corrected chi connectivity index (χ1v) is 7.11. The zero-order valence-corrected chi connectivity index (χ0v) is 11.6. The number of nitrogens with zero attached hydrogens (tertiary/aromatic N) is 2. The van der Waals surface area contributed by atoms with Crippen molar-refractivity contribution in [2.24, 2.45) is 5.41 Å². The molecular formula is C16H20N2O. The largest absolute Gasteiger partial charge is 0.328 e. The number of aryl methyl sites for hydroxylation is 1. The van der Waals surface area contributed by atoms with Gasteiger partial charge in [0.1, 0.15) is 11.6 Å². The van der Waals surface area contributed by atoms with Crippen LogP contribution in [0.1, 0.15) is 38.9 Å². The van der Waals surface area contributed by atoms with Gasteiger partial charge in [0, 0.05) is 12.0 Å². The molecular weight excluding hydrogens is 236 g/mol. The molecule has 3 heteroatoms. The number of aromatic nitrogens is 2. The maximum Gasteiger partial charge on any atom is 0.146 e. The molecule has 1 aliphatic carbocycles. The van der Waals surface area contributed by atoms with E-state index in [2.05, 4.69) is 29.5 Å². The van der Waals surface area contributed by atoms with Gasteiger partial charge in [-0.2, -0.15) is 0 Å². The first-order chi connectivity index (χ1) is 9.14. The number of ketones is 1. The van der Waals surface area contributed by atoms with E-state index in [1.807, 2.05) is 18.2 Å². The summed E-state index contributed by atoms with van der Waals surface area (Å²) in [4.78, 5) is 16.9. The van der Waals surface area contributed by atoms with Gasteiger partial charge < -0.3 is 4.57 Å². The van der Waals surface area contributed by atoms with Crippen LogP contribution < -0.4 is 0 Å². The topological polar surface area (TPSA) is 34.9 Å². The summed E-state index contributed by atoms with van der Waals surface area (Å²) in [6, 6.07) is 8.14. The Morgan fingerprint density at radius 1 is 1.37 bits per heavy atom. The highest BCUT2D eigenvalue weighted by Crippen LogP contribution is 2.46. The lowest BCUT2D eigenvalue weighted by atomic mass is 10.0. The molecule has 1 aromatic heterocycles. The minimum Gasteiger partial charge on any atom is -0.328 e. The molecule has 0 radical (unpaired) electrons. The van der Waals surface area contributed by atoms with Crippen LogP contribution in [0.15, 0.2) is 24.3 Å². The van der Waals surface area contributed by atoms with Crippen LogP contribution in [0.4, 0.5) is 0 Å². The maximum atomic E-state index is 12.3. The molecule has 0 amide bonds. The second kappa shape index (κ2) is 4.48. The normalized spacial score (nSPS) is 16.7. The van der Waals surface area contributed by atoms with Crippen molar-refractivity contribution < 1.29 is 4.79 Å². The standard InChI is InChI=1S/C16H20N2O/c1-3-10-18-13-7-5-4-6-12(13)17-15(18)11-14(19)16(2)8-9-16/h4-7H,3,8-11H2,1-2H3. The summed E-state index contributed by atoms with van der Waals surface area (Å²) in [5.41, 5.74) is 2.09. The summed E-state index contributed by atoms with van der Waals surface area (Å²) in [5, 5.41) is 0. The van der Waals surface area contributed by atoms with Crippen molar-refractivity contribution in [3.05, 3.63) is 30.1 Å². The number of fused-ring (bicyclic) bond motifs is 1. The third-order valence-corrected chi connectivity index (χ3v) is 4.17. The molecule has 0 aliphatic heterocycles. The Kier molecular flexibility index (Phi) is 2.92. The molecule has 0 unspecified atom stereocenters. The molecule has 1 aliphatic rings. The van der Waals surface area contributed by atoms with Gasteiger partial charge in [-0.15, -0.1) is 0 Å². The Bertz CT molecular complexity index is 623. The summed E-state index contributed by atoms with van der Waals surface area (Å²) in [5.74, 6) is 1.28. The van der Waals surface area contributed by atoms with Gasteiger partial charge in [-0.05, 0) is 31.4 Å². The van der Waals surface area contributed by atoms with Crippen LogP contribution in [0, 0.1) is 5.41 Å². The number of carbonyl (C=O) groups is 1. The summed E-state index contributed by atoms with van der Waals surface area (Å²) in [7, 11) is 0. The molecule has 19 heavy (non-hydrogen) atoms. The Hall–Kier alpha value is -1.64. The lowest BCUT2D eigenvalue weighted by molar-refractivity contribution is -0.123. The minimum absolute atomic E-state index is 0.0603. The van der Waals surface area contributed by atoms with Gasteiger partial charge in [-0.1, -0.05) is 26.0 Å². The molecule has 1 saturated carbocycles. The molecule has 100 valence electrons. The zero-order chi connectivity index (χ0) is 13.5. The van der Waals surface area contributed by atoms with Gasteiger partial charge in [0.15, 0.2) is 0 Å². The molecule has 0 atom stereocenters. The molecule has 1 heterocycles. The number of hydrogen-bond donors (Lipinski definition) is 0. The zero-order valence-electron chi connectivity index (χ0n) is 11.6. The van der Waals surface area contributed by atoms with Crippen LogP contribution in [-0.4, -0.2) is 15.3 Å². The van der Waals surface area contributed by atoms with Crippen molar-refractivity contribution in [2.45, 2.75) is 46.1 Å². The highest BCUT2D eigenvalue weighted by Gasteiger charge is 2.44. The third kappa shape index (κ3) is 2.18. The van der Waals surface area contributed by atoms with E-state index in [0.29, 0.717) is 12.2 Å². The summed E-state index contributed by atoms with van der Waals surface area (Å²) >= 11 is 0. The van der Waals surface area contributed by atoms with E-state index in [0.717, 1.165) is 42.7 Å².